The molecular weight excluding hydrogens is 781 g/mol. The Kier molecular flexibility index (Phi) is 8.06. The Bertz CT molecular complexity index is 3520. The molecule has 0 amide bonds. The van der Waals surface area contributed by atoms with Crippen LogP contribution in [-0.4, -0.2) is 19.9 Å². The zero-order chi connectivity index (χ0) is 42.2. The monoisotopic (exact) mass is 816 g/mol. The van der Waals surface area contributed by atoms with Crippen LogP contribution in [0.3, 0.4) is 0 Å². The van der Waals surface area contributed by atoms with Crippen LogP contribution in [0.1, 0.15) is 22.3 Å². The van der Waals surface area contributed by atoms with Gasteiger partial charge in [-0.1, -0.05) is 140 Å². The number of benzene rings is 7. The van der Waals surface area contributed by atoms with Crippen molar-refractivity contribution in [3.8, 4) is 78.9 Å². The lowest BCUT2D eigenvalue weighted by Gasteiger charge is -2.39. The summed E-state index contributed by atoms with van der Waals surface area (Å²) < 4.78 is 6.62. The number of ether oxygens (including phenoxy) is 1. The summed E-state index contributed by atoms with van der Waals surface area (Å²) in [6, 6.07) is 73.0. The third-order valence-corrected chi connectivity index (χ3v) is 13.1. The lowest BCUT2D eigenvalue weighted by atomic mass is 9.66. The highest BCUT2D eigenvalue weighted by Crippen LogP contribution is 2.62. The average molecular weight is 817 g/mol. The number of hydrogen-bond donors (Lipinski definition) is 0. The predicted octanol–water partition coefficient (Wildman–Crippen LogP) is 14.4. The second-order valence-corrected chi connectivity index (χ2v) is 16.5. The first-order valence-electron chi connectivity index (χ1n) is 21.6. The highest BCUT2D eigenvalue weighted by atomic mass is 16.5. The Morgan fingerprint density at radius 2 is 0.859 bits per heavy atom. The molecule has 0 bridgehead atoms. The second kappa shape index (κ2) is 14.3. The van der Waals surface area contributed by atoms with Gasteiger partial charge in [-0.3, -0.25) is 9.97 Å². The zero-order valence-corrected chi connectivity index (χ0v) is 34.5. The summed E-state index contributed by atoms with van der Waals surface area (Å²) in [5.74, 6) is 1.78. The van der Waals surface area contributed by atoms with Gasteiger partial charge < -0.3 is 4.74 Å². The Morgan fingerprint density at radius 3 is 1.48 bits per heavy atom. The molecule has 0 N–H and O–H groups in total. The average Bonchev–Trinajstić information content (AvgIpc) is 3.65. The molecule has 13 rings (SSSR count). The topological polar surface area (TPSA) is 60.8 Å². The minimum atomic E-state index is -0.548. The van der Waals surface area contributed by atoms with E-state index in [0.717, 1.165) is 95.2 Å². The van der Waals surface area contributed by atoms with Gasteiger partial charge >= 0.3 is 0 Å². The molecule has 5 nitrogen and oxygen atoms in total. The molecule has 0 unspecified atom stereocenters. The first-order valence-corrected chi connectivity index (χ1v) is 21.6. The number of aromatic nitrogens is 4. The molecule has 11 aromatic rings. The fraction of sp³-hybridized carbons (Fsp3) is 0.0169. The number of pyridine rings is 4. The van der Waals surface area contributed by atoms with Crippen LogP contribution >= 0.6 is 0 Å². The molecule has 5 heteroatoms. The first-order chi connectivity index (χ1) is 31.7. The normalized spacial score (nSPS) is 12.9. The van der Waals surface area contributed by atoms with Crippen molar-refractivity contribution in [1.82, 2.24) is 19.9 Å². The van der Waals surface area contributed by atoms with Gasteiger partial charge in [0, 0.05) is 39.9 Å². The highest BCUT2D eigenvalue weighted by molar-refractivity contribution is 6.13. The van der Waals surface area contributed by atoms with E-state index in [1.807, 2.05) is 36.4 Å². The number of nitrogens with zero attached hydrogens (tertiary/aromatic N) is 4. The molecule has 0 saturated heterocycles. The van der Waals surface area contributed by atoms with Crippen molar-refractivity contribution in [3.63, 3.8) is 0 Å². The molecule has 0 fully saturated rings. The Morgan fingerprint density at radius 1 is 0.328 bits per heavy atom. The molecule has 5 heterocycles. The predicted molar refractivity (Wildman–Crippen MR) is 257 cm³/mol. The van der Waals surface area contributed by atoms with Crippen molar-refractivity contribution in [3.05, 3.63) is 241 Å². The number of para-hydroxylation sites is 3. The molecule has 1 aliphatic carbocycles. The summed E-state index contributed by atoms with van der Waals surface area (Å²) in [6.45, 7) is 0. The van der Waals surface area contributed by atoms with E-state index in [1.54, 1.807) is 12.4 Å². The minimum absolute atomic E-state index is 0.548. The van der Waals surface area contributed by atoms with Crippen LogP contribution in [0.25, 0.3) is 89.1 Å². The number of rotatable bonds is 5. The van der Waals surface area contributed by atoms with Gasteiger partial charge in [-0.25, -0.2) is 9.97 Å². The van der Waals surface area contributed by atoms with Gasteiger partial charge in [-0.2, -0.15) is 0 Å². The van der Waals surface area contributed by atoms with Gasteiger partial charge in [0.05, 0.1) is 39.4 Å². The zero-order valence-electron chi connectivity index (χ0n) is 34.5. The van der Waals surface area contributed by atoms with Crippen LogP contribution in [0.5, 0.6) is 11.5 Å². The summed E-state index contributed by atoms with van der Waals surface area (Å²) in [5, 5.41) is 3.44. The first kappa shape index (κ1) is 36.1. The van der Waals surface area contributed by atoms with Crippen LogP contribution in [-0.2, 0) is 5.41 Å². The van der Waals surface area contributed by atoms with E-state index in [0.29, 0.717) is 0 Å². The van der Waals surface area contributed by atoms with E-state index in [4.69, 9.17) is 14.7 Å². The van der Waals surface area contributed by atoms with E-state index in [1.165, 1.54) is 27.6 Å². The molecule has 7 aromatic carbocycles. The maximum Gasteiger partial charge on any atom is 0.132 e. The summed E-state index contributed by atoms with van der Waals surface area (Å²) in [7, 11) is 0. The smallest absolute Gasteiger partial charge is 0.132 e. The molecule has 1 spiro atoms. The molecule has 1 aliphatic heterocycles. The molecular formula is C59H36N4O. The van der Waals surface area contributed by atoms with Gasteiger partial charge in [-0.05, 0) is 117 Å². The van der Waals surface area contributed by atoms with Gasteiger partial charge in [0.1, 0.15) is 11.5 Å². The Hall–Kier alpha value is -8.54. The summed E-state index contributed by atoms with van der Waals surface area (Å²) in [6.07, 6.45) is 3.60. The Balaban J connectivity index is 0.922. The summed E-state index contributed by atoms with van der Waals surface area (Å²) in [4.78, 5) is 19.6. The van der Waals surface area contributed by atoms with Crippen LogP contribution in [0, 0.1) is 0 Å². The van der Waals surface area contributed by atoms with E-state index >= 15 is 0 Å². The second-order valence-electron chi connectivity index (χ2n) is 16.5. The van der Waals surface area contributed by atoms with E-state index < -0.39 is 5.41 Å². The van der Waals surface area contributed by atoms with Crippen LogP contribution in [0.4, 0.5) is 0 Å². The van der Waals surface area contributed by atoms with Crippen LogP contribution in [0.2, 0.25) is 0 Å². The standard InChI is InChI=1S/C59H36N4O/c1-3-15-47-42(13-1)45-35-46-44(36-50(45)59(47)48-16-4-7-21-56(48)64-57-22-8-5-17-49(57)59)43-14-2-6-18-51(43)63-58(46)40-29-27-38(28-30-40)37-23-25-39(26-24-37)41-33-54(52-19-9-11-31-60-52)62-55(34-41)53-20-10-12-32-61-53/h1-36H. The molecule has 298 valence electrons. The molecule has 2 aliphatic rings. The lowest BCUT2D eigenvalue weighted by molar-refractivity contribution is 0.436. The van der Waals surface area contributed by atoms with Crippen LogP contribution in [0.15, 0.2) is 219 Å². The van der Waals surface area contributed by atoms with Crippen molar-refractivity contribution in [2.45, 2.75) is 5.41 Å². The van der Waals surface area contributed by atoms with E-state index in [2.05, 4.69) is 180 Å². The van der Waals surface area contributed by atoms with E-state index in [-0.39, 0.29) is 0 Å². The lowest BCUT2D eigenvalue weighted by Crippen LogP contribution is -2.32. The summed E-state index contributed by atoms with van der Waals surface area (Å²) >= 11 is 0. The Labute approximate surface area is 370 Å². The molecule has 0 atom stereocenters. The van der Waals surface area contributed by atoms with Crippen molar-refractivity contribution in [1.29, 1.82) is 0 Å². The maximum atomic E-state index is 6.62. The van der Waals surface area contributed by atoms with Crippen molar-refractivity contribution < 1.29 is 4.74 Å². The fourth-order valence-electron chi connectivity index (χ4n) is 10.2. The van der Waals surface area contributed by atoms with E-state index in [9.17, 15) is 0 Å². The SMILES string of the molecule is c1ccc(-c2cc(-c3ccc(-c4ccc(-c5nc6ccccc6c6cc7c(cc56)-c5ccccc5C75c6ccccc6Oc6ccccc65)cc4)cc3)cc(-c3ccccn3)n2)nc1. The number of fused-ring (bicyclic) bond motifs is 12. The third kappa shape index (κ3) is 5.51. The highest BCUT2D eigenvalue weighted by Gasteiger charge is 2.51. The van der Waals surface area contributed by atoms with Gasteiger partial charge in [0.25, 0.3) is 0 Å². The molecule has 0 saturated carbocycles. The largest absolute Gasteiger partial charge is 0.457 e. The maximum absolute atomic E-state index is 6.62. The molecule has 0 radical (unpaired) electrons. The summed E-state index contributed by atoms with van der Waals surface area (Å²) in [5.41, 5.74) is 17.4. The molecule has 4 aromatic heterocycles. The van der Waals surface area contributed by atoms with Crippen LogP contribution < -0.4 is 4.74 Å². The van der Waals surface area contributed by atoms with Gasteiger partial charge in [-0.15, -0.1) is 0 Å². The number of hydrogen-bond acceptors (Lipinski definition) is 5. The van der Waals surface area contributed by atoms with Crippen molar-refractivity contribution >= 4 is 21.7 Å². The van der Waals surface area contributed by atoms with Gasteiger partial charge in [0.2, 0.25) is 0 Å². The van der Waals surface area contributed by atoms with Crippen molar-refractivity contribution in [2.75, 3.05) is 0 Å². The minimum Gasteiger partial charge on any atom is -0.457 e. The third-order valence-electron chi connectivity index (χ3n) is 13.1. The van der Waals surface area contributed by atoms with Crippen molar-refractivity contribution in [2.24, 2.45) is 0 Å². The fourth-order valence-corrected chi connectivity index (χ4v) is 10.2. The van der Waals surface area contributed by atoms with Gasteiger partial charge in [0.15, 0.2) is 0 Å². The molecule has 64 heavy (non-hydrogen) atoms. The quantitative estimate of drug-likeness (QED) is 0.162.